The number of nitrogens with one attached hydrogen (secondary N) is 1. The van der Waals surface area contributed by atoms with E-state index in [1.54, 1.807) is 4.90 Å². The number of carbonyl (C=O) groups excluding carboxylic acids is 1. The summed E-state index contributed by atoms with van der Waals surface area (Å²) < 4.78 is 5.60. The van der Waals surface area contributed by atoms with E-state index in [1.807, 2.05) is 26.8 Å². The Morgan fingerprint density at radius 1 is 1.32 bits per heavy atom. The van der Waals surface area contributed by atoms with E-state index in [2.05, 4.69) is 17.4 Å². The van der Waals surface area contributed by atoms with Gasteiger partial charge in [0.05, 0.1) is 11.3 Å². The maximum absolute atomic E-state index is 12.7. The van der Waals surface area contributed by atoms with Crippen LogP contribution in [0.4, 0.5) is 10.5 Å². The van der Waals surface area contributed by atoms with Crippen LogP contribution in [0.15, 0.2) is 18.2 Å². The maximum atomic E-state index is 12.7. The van der Waals surface area contributed by atoms with Gasteiger partial charge in [0.25, 0.3) is 0 Å². The number of amides is 1. The molecule has 2 aliphatic rings. The molecule has 0 spiro atoms. The van der Waals surface area contributed by atoms with Gasteiger partial charge in [-0.15, -0.1) is 0 Å². The molecule has 5 heteroatoms. The predicted molar refractivity (Wildman–Crippen MR) is 98.9 cm³/mol. The number of fused-ring (bicyclic) bond motifs is 1. The highest BCUT2D eigenvalue weighted by atomic mass is 16.6. The number of para-hydroxylation sites is 1. The highest BCUT2D eigenvalue weighted by Gasteiger charge is 2.34. The first-order valence-electron chi connectivity index (χ1n) is 9.32. The zero-order valence-corrected chi connectivity index (χ0v) is 15.6. The highest BCUT2D eigenvalue weighted by molar-refractivity contribution is 5.90. The average Bonchev–Trinajstić information content (AvgIpc) is 2.51. The summed E-state index contributed by atoms with van der Waals surface area (Å²) in [6.45, 7) is 7.60. The standard InChI is InChI=1S/C20H30N2O3/c1-19(2,3)25-18(23)22-12-5-9-15-7-4-8-16(17(15)22)13-21-14-20(24)10-6-11-20/h4,7-8,21,24H,5-6,9-14H2,1-3H3. The van der Waals surface area contributed by atoms with Crippen LogP contribution in [0, 0.1) is 0 Å². The Labute approximate surface area is 150 Å². The van der Waals surface area contributed by atoms with E-state index in [9.17, 15) is 9.90 Å². The Balaban J connectivity index is 1.75. The van der Waals surface area contributed by atoms with Crippen LogP contribution in [0.25, 0.3) is 0 Å². The van der Waals surface area contributed by atoms with Crippen LogP contribution in [-0.2, 0) is 17.7 Å². The zero-order chi connectivity index (χ0) is 18.1. The first kappa shape index (κ1) is 18.2. The van der Waals surface area contributed by atoms with Gasteiger partial charge in [-0.25, -0.2) is 4.79 Å². The monoisotopic (exact) mass is 346 g/mol. The molecule has 0 atom stereocenters. The van der Waals surface area contributed by atoms with Crippen LogP contribution >= 0.6 is 0 Å². The van der Waals surface area contributed by atoms with Crippen LogP contribution in [0.2, 0.25) is 0 Å². The largest absolute Gasteiger partial charge is 0.443 e. The molecule has 3 rings (SSSR count). The maximum Gasteiger partial charge on any atom is 0.414 e. The van der Waals surface area contributed by atoms with Crippen LogP contribution in [0.5, 0.6) is 0 Å². The number of benzene rings is 1. The van der Waals surface area contributed by atoms with Crippen molar-refractivity contribution in [2.75, 3.05) is 18.0 Å². The third kappa shape index (κ3) is 4.33. The summed E-state index contributed by atoms with van der Waals surface area (Å²) in [6.07, 6.45) is 4.49. The number of rotatable bonds is 4. The zero-order valence-electron chi connectivity index (χ0n) is 15.6. The van der Waals surface area contributed by atoms with Crippen molar-refractivity contribution in [3.63, 3.8) is 0 Å². The lowest BCUT2D eigenvalue weighted by atomic mass is 9.80. The van der Waals surface area contributed by atoms with Crippen LogP contribution < -0.4 is 10.2 Å². The molecule has 0 unspecified atom stereocenters. The third-order valence-corrected chi connectivity index (χ3v) is 4.97. The van der Waals surface area contributed by atoms with E-state index in [1.165, 1.54) is 5.56 Å². The van der Waals surface area contributed by atoms with Gasteiger partial charge in [0.2, 0.25) is 0 Å². The summed E-state index contributed by atoms with van der Waals surface area (Å²) in [7, 11) is 0. The molecule has 1 heterocycles. The molecule has 25 heavy (non-hydrogen) atoms. The van der Waals surface area contributed by atoms with Gasteiger partial charge in [-0.05, 0) is 64.0 Å². The molecule has 1 saturated carbocycles. The van der Waals surface area contributed by atoms with Gasteiger partial charge >= 0.3 is 6.09 Å². The predicted octanol–water partition coefficient (Wildman–Crippen LogP) is 3.38. The third-order valence-electron chi connectivity index (χ3n) is 4.97. The fourth-order valence-corrected chi connectivity index (χ4v) is 3.57. The number of carbonyl (C=O) groups is 1. The van der Waals surface area contributed by atoms with Crippen LogP contribution in [-0.4, -0.2) is 35.5 Å². The second kappa shape index (κ2) is 6.96. The van der Waals surface area contributed by atoms with Gasteiger partial charge < -0.3 is 15.2 Å². The molecule has 0 radical (unpaired) electrons. The molecule has 0 bridgehead atoms. The molecule has 0 saturated heterocycles. The fourth-order valence-electron chi connectivity index (χ4n) is 3.57. The SMILES string of the molecule is CC(C)(C)OC(=O)N1CCCc2cccc(CNCC3(O)CCC3)c21. The van der Waals surface area contributed by atoms with Crippen molar-refractivity contribution in [1.82, 2.24) is 5.32 Å². The molecule has 1 fully saturated rings. The van der Waals surface area contributed by atoms with Crippen LogP contribution in [0.3, 0.4) is 0 Å². The summed E-state index contributed by atoms with van der Waals surface area (Å²) in [6, 6.07) is 6.20. The first-order chi connectivity index (χ1) is 11.8. The molecule has 1 aliphatic heterocycles. The second-order valence-corrected chi connectivity index (χ2v) is 8.34. The molecular formula is C20H30N2O3. The summed E-state index contributed by atoms with van der Waals surface area (Å²) in [5.74, 6) is 0. The Kier molecular flexibility index (Phi) is 5.07. The molecule has 1 amide bonds. The lowest BCUT2D eigenvalue weighted by Gasteiger charge is -2.37. The quantitative estimate of drug-likeness (QED) is 0.877. The first-order valence-corrected chi connectivity index (χ1v) is 9.32. The Hall–Kier alpha value is -1.59. The van der Waals surface area contributed by atoms with E-state index < -0.39 is 11.2 Å². The van der Waals surface area contributed by atoms with Gasteiger partial charge in [0.1, 0.15) is 5.60 Å². The van der Waals surface area contributed by atoms with Crippen LogP contribution in [0.1, 0.15) is 57.6 Å². The van der Waals surface area contributed by atoms with Gasteiger partial charge in [0.15, 0.2) is 0 Å². The lowest BCUT2D eigenvalue weighted by molar-refractivity contribution is -0.0314. The molecule has 1 aromatic rings. The van der Waals surface area contributed by atoms with E-state index in [4.69, 9.17) is 4.74 Å². The number of anilines is 1. The molecule has 138 valence electrons. The van der Waals surface area contributed by atoms with Crippen molar-refractivity contribution in [3.8, 4) is 0 Å². The second-order valence-electron chi connectivity index (χ2n) is 8.34. The van der Waals surface area contributed by atoms with Crippen molar-refractivity contribution >= 4 is 11.8 Å². The smallest absolute Gasteiger partial charge is 0.414 e. The van der Waals surface area contributed by atoms with Crippen molar-refractivity contribution in [3.05, 3.63) is 29.3 Å². The van der Waals surface area contributed by atoms with Crippen molar-refractivity contribution in [2.45, 2.75) is 70.6 Å². The van der Waals surface area contributed by atoms with Gasteiger partial charge in [-0.1, -0.05) is 18.2 Å². The van der Waals surface area contributed by atoms with E-state index in [0.29, 0.717) is 19.6 Å². The lowest BCUT2D eigenvalue weighted by Crippen LogP contribution is -2.46. The molecule has 1 aliphatic carbocycles. The molecule has 2 N–H and O–H groups in total. The summed E-state index contributed by atoms with van der Waals surface area (Å²) in [5, 5.41) is 13.6. The minimum Gasteiger partial charge on any atom is -0.443 e. The fraction of sp³-hybridized carbons (Fsp3) is 0.650. The topological polar surface area (TPSA) is 61.8 Å². The number of hydrogen-bond donors (Lipinski definition) is 2. The minimum absolute atomic E-state index is 0.279. The van der Waals surface area contributed by atoms with Crippen molar-refractivity contribution < 1.29 is 14.6 Å². The summed E-state index contributed by atoms with van der Waals surface area (Å²) >= 11 is 0. The number of aliphatic hydroxyl groups is 1. The van der Waals surface area contributed by atoms with Gasteiger partial charge in [-0.2, -0.15) is 0 Å². The summed E-state index contributed by atoms with van der Waals surface area (Å²) in [5.41, 5.74) is 2.22. The Bertz CT molecular complexity index is 632. The number of ether oxygens (including phenoxy) is 1. The number of hydrogen-bond acceptors (Lipinski definition) is 4. The Morgan fingerprint density at radius 2 is 2.08 bits per heavy atom. The minimum atomic E-state index is -0.542. The Morgan fingerprint density at radius 3 is 2.72 bits per heavy atom. The molecule has 0 aromatic heterocycles. The normalized spacial score (nSPS) is 19.1. The molecular weight excluding hydrogens is 316 g/mol. The molecule has 1 aromatic carbocycles. The van der Waals surface area contributed by atoms with Crippen molar-refractivity contribution in [1.29, 1.82) is 0 Å². The van der Waals surface area contributed by atoms with Gasteiger partial charge in [0, 0.05) is 19.6 Å². The molecule has 5 nitrogen and oxygen atoms in total. The van der Waals surface area contributed by atoms with E-state index in [0.717, 1.165) is 43.4 Å². The number of nitrogens with zero attached hydrogens (tertiary/aromatic N) is 1. The van der Waals surface area contributed by atoms with Gasteiger partial charge in [-0.3, -0.25) is 4.90 Å². The van der Waals surface area contributed by atoms with E-state index >= 15 is 0 Å². The average molecular weight is 346 g/mol. The van der Waals surface area contributed by atoms with Crippen molar-refractivity contribution in [2.24, 2.45) is 0 Å². The number of aryl methyl sites for hydroxylation is 1. The highest BCUT2D eigenvalue weighted by Crippen LogP contribution is 2.33. The summed E-state index contributed by atoms with van der Waals surface area (Å²) in [4.78, 5) is 14.4. The van der Waals surface area contributed by atoms with E-state index in [-0.39, 0.29) is 6.09 Å².